The zero-order valence-corrected chi connectivity index (χ0v) is 16.2. The van der Waals surface area contributed by atoms with Crippen LogP contribution in [0.25, 0.3) is 0 Å². The number of nitrogens with zero attached hydrogens (tertiary/aromatic N) is 1. The number of unbranched alkanes of at least 4 members (excludes halogenated alkanes) is 1. The summed E-state index contributed by atoms with van der Waals surface area (Å²) in [6.07, 6.45) is 4.30. The quantitative estimate of drug-likeness (QED) is 0.344. The third-order valence-corrected chi connectivity index (χ3v) is 4.87. The average Bonchev–Trinajstić information content (AvgIpc) is 2.88. The number of hydrogen-bond donors (Lipinski definition) is 2. The van der Waals surface area contributed by atoms with Gasteiger partial charge in [0.2, 0.25) is 0 Å². The molecule has 0 radical (unpaired) electrons. The van der Waals surface area contributed by atoms with Gasteiger partial charge in [-0.1, -0.05) is 48.0 Å². The van der Waals surface area contributed by atoms with Gasteiger partial charge in [0.1, 0.15) is 5.76 Å². The number of carbonyl (C=O) groups excluding carboxylic acids is 1. The molecule has 0 spiro atoms. The van der Waals surface area contributed by atoms with Crippen molar-refractivity contribution in [2.24, 2.45) is 0 Å². The molecule has 0 saturated carbocycles. The molecule has 1 rings (SSSR count). The zero-order valence-electron chi connectivity index (χ0n) is 14.1. The molecule has 1 heterocycles. The molecule has 1 aromatic heterocycles. The Morgan fingerprint density at radius 2 is 2.09 bits per heavy atom. The molecule has 0 saturated heterocycles. The van der Waals surface area contributed by atoms with Gasteiger partial charge in [-0.15, -0.1) is 0 Å². The van der Waals surface area contributed by atoms with Crippen LogP contribution in [0.2, 0.25) is 0 Å². The highest BCUT2D eigenvalue weighted by Gasteiger charge is 2.22. The highest BCUT2D eigenvalue weighted by atomic mass is 127. The number of amides is 1. The highest BCUT2D eigenvalue weighted by Crippen LogP contribution is 2.17. The highest BCUT2D eigenvalue weighted by molar-refractivity contribution is 14.1. The minimum atomic E-state index is -0.149. The number of alkyl halides is 1. The fourth-order valence-corrected chi connectivity index (χ4v) is 2.91. The Hall–Kier alpha value is -0.630. The Balaban J connectivity index is 2.47. The monoisotopic (exact) mass is 421 g/mol. The SMILES string of the molecule is CCCCNC(C)(CC)CCNC(=O)c1noc(CI)c1C. The fourth-order valence-electron chi connectivity index (χ4n) is 2.20. The number of hydrogen-bond acceptors (Lipinski definition) is 4. The molecule has 1 unspecified atom stereocenters. The minimum Gasteiger partial charge on any atom is -0.359 e. The van der Waals surface area contributed by atoms with Crippen LogP contribution < -0.4 is 10.6 Å². The lowest BCUT2D eigenvalue weighted by atomic mass is 9.94. The van der Waals surface area contributed by atoms with Crippen LogP contribution in [0.4, 0.5) is 0 Å². The molecule has 0 aromatic carbocycles. The van der Waals surface area contributed by atoms with Crippen molar-refractivity contribution in [3.8, 4) is 0 Å². The third kappa shape index (κ3) is 5.53. The van der Waals surface area contributed by atoms with Crippen LogP contribution in [0.1, 0.15) is 68.3 Å². The van der Waals surface area contributed by atoms with E-state index in [-0.39, 0.29) is 11.4 Å². The Kier molecular flexibility index (Phi) is 8.38. The lowest BCUT2D eigenvalue weighted by molar-refractivity contribution is 0.0940. The standard InChI is InChI=1S/C16H28IN3O2/c1-5-7-9-19-16(4,6-2)8-10-18-15(21)14-12(3)13(11-17)22-20-14/h19H,5-11H2,1-4H3,(H,18,21). The molecule has 0 aliphatic heterocycles. The normalized spacial score (nSPS) is 13.9. The summed E-state index contributed by atoms with van der Waals surface area (Å²) in [5.41, 5.74) is 1.31. The number of halogens is 1. The molecule has 1 amide bonds. The maximum Gasteiger partial charge on any atom is 0.273 e. The maximum absolute atomic E-state index is 12.2. The van der Waals surface area contributed by atoms with E-state index in [1.54, 1.807) is 0 Å². The predicted molar refractivity (Wildman–Crippen MR) is 97.5 cm³/mol. The first-order valence-corrected chi connectivity index (χ1v) is 9.54. The van der Waals surface area contributed by atoms with Gasteiger partial charge in [0.15, 0.2) is 5.69 Å². The van der Waals surface area contributed by atoms with E-state index in [2.05, 4.69) is 59.2 Å². The summed E-state index contributed by atoms with van der Waals surface area (Å²) in [6, 6.07) is 0. The molecule has 0 aliphatic rings. The van der Waals surface area contributed by atoms with E-state index in [1.807, 2.05) is 6.92 Å². The van der Waals surface area contributed by atoms with E-state index >= 15 is 0 Å². The molecular formula is C16H28IN3O2. The average molecular weight is 421 g/mol. The number of aromatic nitrogens is 1. The van der Waals surface area contributed by atoms with Crippen LogP contribution in [0, 0.1) is 6.92 Å². The third-order valence-electron chi connectivity index (χ3n) is 4.18. The van der Waals surface area contributed by atoms with Crippen LogP contribution in [-0.4, -0.2) is 29.7 Å². The summed E-state index contributed by atoms with van der Waals surface area (Å²) < 4.78 is 5.89. The first kappa shape index (κ1) is 19.4. The second-order valence-corrected chi connectivity index (χ2v) is 6.68. The van der Waals surface area contributed by atoms with Gasteiger partial charge in [-0.25, -0.2) is 0 Å². The van der Waals surface area contributed by atoms with E-state index in [0.29, 0.717) is 12.2 Å². The van der Waals surface area contributed by atoms with Gasteiger partial charge in [0.25, 0.3) is 5.91 Å². The largest absolute Gasteiger partial charge is 0.359 e. The van der Waals surface area contributed by atoms with E-state index in [0.717, 1.165) is 35.1 Å². The van der Waals surface area contributed by atoms with Crippen molar-refractivity contribution >= 4 is 28.5 Å². The summed E-state index contributed by atoms with van der Waals surface area (Å²) in [5, 5.41) is 10.4. The molecule has 0 bridgehead atoms. The molecule has 6 heteroatoms. The Labute approximate surface area is 147 Å². The molecule has 5 nitrogen and oxygen atoms in total. The van der Waals surface area contributed by atoms with Crippen LogP contribution in [0.5, 0.6) is 0 Å². The molecule has 22 heavy (non-hydrogen) atoms. The van der Waals surface area contributed by atoms with Crippen molar-refractivity contribution in [3.05, 3.63) is 17.0 Å². The molecule has 2 N–H and O–H groups in total. The van der Waals surface area contributed by atoms with Crippen molar-refractivity contribution in [3.63, 3.8) is 0 Å². The molecule has 126 valence electrons. The number of nitrogens with one attached hydrogen (secondary N) is 2. The molecule has 1 atom stereocenters. The van der Waals surface area contributed by atoms with Crippen molar-refractivity contribution in [1.82, 2.24) is 15.8 Å². The van der Waals surface area contributed by atoms with Gasteiger partial charge in [-0.2, -0.15) is 0 Å². The summed E-state index contributed by atoms with van der Waals surface area (Å²) in [6.45, 7) is 10.1. The van der Waals surface area contributed by atoms with Gasteiger partial charge >= 0.3 is 0 Å². The van der Waals surface area contributed by atoms with Crippen molar-refractivity contribution < 1.29 is 9.32 Å². The Morgan fingerprint density at radius 1 is 1.36 bits per heavy atom. The second-order valence-electron chi connectivity index (χ2n) is 5.91. The number of rotatable bonds is 10. The molecule has 0 fully saturated rings. The van der Waals surface area contributed by atoms with E-state index in [1.165, 1.54) is 12.8 Å². The van der Waals surface area contributed by atoms with Gasteiger partial charge in [0, 0.05) is 17.6 Å². The van der Waals surface area contributed by atoms with Gasteiger partial charge in [-0.3, -0.25) is 4.79 Å². The topological polar surface area (TPSA) is 67.2 Å². The molecule has 0 aliphatic carbocycles. The fraction of sp³-hybridized carbons (Fsp3) is 0.750. The lowest BCUT2D eigenvalue weighted by Gasteiger charge is -2.30. The van der Waals surface area contributed by atoms with Crippen LogP contribution in [0.15, 0.2) is 4.52 Å². The number of carbonyl (C=O) groups is 1. The van der Waals surface area contributed by atoms with Gasteiger partial charge < -0.3 is 15.2 Å². The lowest BCUT2D eigenvalue weighted by Crippen LogP contribution is -2.45. The summed E-state index contributed by atoms with van der Waals surface area (Å²) >= 11 is 2.20. The van der Waals surface area contributed by atoms with Crippen molar-refractivity contribution in [1.29, 1.82) is 0 Å². The summed E-state index contributed by atoms with van der Waals surface area (Å²) in [5.74, 6) is 0.620. The van der Waals surface area contributed by atoms with Crippen molar-refractivity contribution in [2.45, 2.75) is 63.3 Å². The summed E-state index contributed by atoms with van der Waals surface area (Å²) in [7, 11) is 0. The predicted octanol–water partition coefficient (Wildman–Crippen LogP) is 3.60. The van der Waals surface area contributed by atoms with Crippen LogP contribution in [-0.2, 0) is 4.43 Å². The van der Waals surface area contributed by atoms with Crippen molar-refractivity contribution in [2.75, 3.05) is 13.1 Å². The minimum absolute atomic E-state index is 0.0642. The van der Waals surface area contributed by atoms with E-state index in [4.69, 9.17) is 4.52 Å². The van der Waals surface area contributed by atoms with Crippen LogP contribution in [0.3, 0.4) is 0 Å². The van der Waals surface area contributed by atoms with Crippen LogP contribution >= 0.6 is 22.6 Å². The van der Waals surface area contributed by atoms with Gasteiger partial charge in [0.05, 0.1) is 4.43 Å². The smallest absolute Gasteiger partial charge is 0.273 e. The zero-order chi connectivity index (χ0) is 16.6. The Bertz CT molecular complexity index is 476. The first-order chi connectivity index (χ1) is 10.5. The second kappa shape index (κ2) is 9.50. The van der Waals surface area contributed by atoms with E-state index in [9.17, 15) is 4.79 Å². The first-order valence-electron chi connectivity index (χ1n) is 8.01. The molecule has 1 aromatic rings. The Morgan fingerprint density at radius 3 is 2.64 bits per heavy atom. The van der Waals surface area contributed by atoms with Gasteiger partial charge in [-0.05, 0) is 39.7 Å². The van der Waals surface area contributed by atoms with E-state index < -0.39 is 0 Å². The maximum atomic E-state index is 12.2. The molecular weight excluding hydrogens is 393 g/mol. The summed E-state index contributed by atoms with van der Waals surface area (Å²) in [4.78, 5) is 12.2.